The fourth-order valence-corrected chi connectivity index (χ4v) is 1.24. The number of amides is 1. The number of carbonyl (C=O) groups excluding carboxylic acids is 1. The second-order valence-corrected chi connectivity index (χ2v) is 3.96. The van der Waals surface area contributed by atoms with Gasteiger partial charge in [0.2, 0.25) is 0 Å². The average Bonchev–Trinajstić information content (AvgIpc) is 2.51. The van der Waals surface area contributed by atoms with Crippen LogP contribution in [0.5, 0.6) is 0 Å². The molecule has 0 aliphatic carbocycles. The number of aromatic nitrogens is 2. The third kappa shape index (κ3) is 2.85. The van der Waals surface area contributed by atoms with Gasteiger partial charge in [-0.25, -0.2) is 0 Å². The molecule has 0 saturated carbocycles. The van der Waals surface area contributed by atoms with Crippen LogP contribution in [0.1, 0.15) is 24.2 Å². The van der Waals surface area contributed by atoms with Crippen LogP contribution in [0.25, 0.3) is 0 Å². The number of carbonyl (C=O) groups is 1. The van der Waals surface area contributed by atoms with E-state index in [1.807, 2.05) is 0 Å². The summed E-state index contributed by atoms with van der Waals surface area (Å²) in [6.45, 7) is 3.61. The van der Waals surface area contributed by atoms with E-state index in [0.29, 0.717) is 5.56 Å². The molecule has 0 fully saturated rings. The molecule has 1 aromatic rings. The van der Waals surface area contributed by atoms with Gasteiger partial charge in [0.15, 0.2) is 0 Å². The van der Waals surface area contributed by atoms with E-state index in [0.717, 1.165) is 0 Å². The molecule has 0 saturated heterocycles. The van der Waals surface area contributed by atoms with Gasteiger partial charge in [-0.05, 0) is 13.8 Å². The number of aromatic amines is 1. The molecule has 5 heteroatoms. The van der Waals surface area contributed by atoms with E-state index in [1.165, 1.54) is 17.3 Å². The van der Waals surface area contributed by atoms with E-state index in [1.54, 1.807) is 20.9 Å². The van der Waals surface area contributed by atoms with Crippen LogP contribution in [-0.4, -0.2) is 45.3 Å². The fraction of sp³-hybridized carbons (Fsp3) is 0.556. The number of rotatable bonds is 3. The van der Waals surface area contributed by atoms with Crippen molar-refractivity contribution in [3.8, 4) is 0 Å². The van der Waals surface area contributed by atoms with Gasteiger partial charge in [-0.2, -0.15) is 5.10 Å². The number of aliphatic hydroxyl groups is 1. The first kappa shape index (κ1) is 10.7. The Bertz CT molecular complexity index is 300. The third-order valence-electron chi connectivity index (χ3n) is 1.72. The van der Waals surface area contributed by atoms with Gasteiger partial charge in [-0.15, -0.1) is 0 Å². The van der Waals surface area contributed by atoms with Gasteiger partial charge in [0.25, 0.3) is 5.91 Å². The maximum Gasteiger partial charge on any atom is 0.256 e. The lowest BCUT2D eigenvalue weighted by Gasteiger charge is -2.25. The van der Waals surface area contributed by atoms with Crippen LogP contribution in [0.15, 0.2) is 12.4 Å². The average molecular weight is 197 g/mol. The molecule has 78 valence electrons. The van der Waals surface area contributed by atoms with E-state index in [4.69, 9.17) is 0 Å². The third-order valence-corrected chi connectivity index (χ3v) is 1.72. The molecular weight excluding hydrogens is 182 g/mol. The van der Waals surface area contributed by atoms with Crippen LogP contribution in [-0.2, 0) is 0 Å². The summed E-state index contributed by atoms with van der Waals surface area (Å²) >= 11 is 0. The Balaban J connectivity index is 2.63. The summed E-state index contributed by atoms with van der Waals surface area (Å²) in [4.78, 5) is 13.1. The van der Waals surface area contributed by atoms with E-state index in [2.05, 4.69) is 10.2 Å². The van der Waals surface area contributed by atoms with Gasteiger partial charge in [-0.3, -0.25) is 9.89 Å². The van der Waals surface area contributed by atoms with Gasteiger partial charge in [0, 0.05) is 19.8 Å². The van der Waals surface area contributed by atoms with Gasteiger partial charge in [0.1, 0.15) is 0 Å². The first-order valence-corrected chi connectivity index (χ1v) is 4.37. The van der Waals surface area contributed by atoms with Gasteiger partial charge >= 0.3 is 0 Å². The minimum atomic E-state index is -0.881. The molecule has 0 atom stereocenters. The molecule has 0 bridgehead atoms. The topological polar surface area (TPSA) is 69.2 Å². The Morgan fingerprint density at radius 3 is 2.79 bits per heavy atom. The summed E-state index contributed by atoms with van der Waals surface area (Å²) in [5.41, 5.74) is -0.384. The van der Waals surface area contributed by atoms with Crippen molar-refractivity contribution in [3.63, 3.8) is 0 Å². The number of hydrogen-bond acceptors (Lipinski definition) is 3. The Morgan fingerprint density at radius 1 is 1.71 bits per heavy atom. The minimum absolute atomic E-state index is 0.152. The van der Waals surface area contributed by atoms with Crippen molar-refractivity contribution in [1.29, 1.82) is 0 Å². The van der Waals surface area contributed by atoms with Gasteiger partial charge < -0.3 is 10.0 Å². The predicted octanol–water partition coefficient (Wildman–Crippen LogP) is 0.253. The van der Waals surface area contributed by atoms with Crippen LogP contribution in [0, 0.1) is 0 Å². The van der Waals surface area contributed by atoms with E-state index in [-0.39, 0.29) is 12.5 Å². The maximum absolute atomic E-state index is 11.6. The molecule has 0 aliphatic rings. The number of nitrogens with one attached hydrogen (secondary N) is 1. The lowest BCUT2D eigenvalue weighted by Crippen LogP contribution is -2.39. The minimum Gasteiger partial charge on any atom is -0.389 e. The molecule has 0 radical (unpaired) electrons. The molecule has 0 aliphatic heterocycles. The zero-order valence-electron chi connectivity index (χ0n) is 8.61. The highest BCUT2D eigenvalue weighted by atomic mass is 16.3. The zero-order chi connectivity index (χ0) is 10.8. The summed E-state index contributed by atoms with van der Waals surface area (Å²) in [5.74, 6) is -0.152. The number of nitrogens with zero attached hydrogens (tertiary/aromatic N) is 2. The second kappa shape index (κ2) is 3.79. The quantitative estimate of drug-likeness (QED) is 0.730. The van der Waals surface area contributed by atoms with Crippen molar-refractivity contribution in [2.24, 2.45) is 0 Å². The molecule has 0 unspecified atom stereocenters. The largest absolute Gasteiger partial charge is 0.389 e. The van der Waals surface area contributed by atoms with Crippen LogP contribution in [0.3, 0.4) is 0 Å². The maximum atomic E-state index is 11.6. The Labute approximate surface area is 82.7 Å². The lowest BCUT2D eigenvalue weighted by atomic mass is 10.1. The highest BCUT2D eigenvalue weighted by Gasteiger charge is 2.20. The van der Waals surface area contributed by atoms with Crippen LogP contribution in [0.2, 0.25) is 0 Å². The number of hydrogen-bond donors (Lipinski definition) is 2. The van der Waals surface area contributed by atoms with Crippen LogP contribution < -0.4 is 0 Å². The van der Waals surface area contributed by atoms with E-state index >= 15 is 0 Å². The summed E-state index contributed by atoms with van der Waals surface area (Å²) in [7, 11) is 1.65. The molecule has 0 aromatic carbocycles. The molecule has 2 N–H and O–H groups in total. The lowest BCUT2D eigenvalue weighted by molar-refractivity contribution is 0.0368. The number of likely N-dealkylation sites (N-methyl/N-ethyl adjacent to an activating group) is 1. The second-order valence-electron chi connectivity index (χ2n) is 3.96. The van der Waals surface area contributed by atoms with Crippen LogP contribution in [0.4, 0.5) is 0 Å². The summed E-state index contributed by atoms with van der Waals surface area (Å²) in [5, 5.41) is 15.8. The van der Waals surface area contributed by atoms with Gasteiger partial charge in [-0.1, -0.05) is 0 Å². The van der Waals surface area contributed by atoms with Crippen molar-refractivity contribution >= 4 is 5.91 Å². The van der Waals surface area contributed by atoms with E-state index in [9.17, 15) is 9.90 Å². The summed E-state index contributed by atoms with van der Waals surface area (Å²) < 4.78 is 0. The van der Waals surface area contributed by atoms with Crippen molar-refractivity contribution < 1.29 is 9.90 Å². The SMILES string of the molecule is CN(CC(C)(C)O)C(=O)c1cn[nH]c1. The molecule has 14 heavy (non-hydrogen) atoms. The van der Waals surface area contributed by atoms with Crippen molar-refractivity contribution in [3.05, 3.63) is 18.0 Å². The zero-order valence-corrected chi connectivity index (χ0v) is 8.61. The molecule has 5 nitrogen and oxygen atoms in total. The molecular formula is C9H15N3O2. The summed E-state index contributed by atoms with van der Waals surface area (Å²) in [6, 6.07) is 0. The van der Waals surface area contributed by atoms with Crippen molar-refractivity contribution in [1.82, 2.24) is 15.1 Å². The Morgan fingerprint density at radius 2 is 2.36 bits per heavy atom. The Hall–Kier alpha value is -1.36. The molecule has 1 rings (SSSR count). The normalized spacial score (nSPS) is 11.4. The number of H-pyrrole nitrogens is 1. The first-order chi connectivity index (χ1) is 6.40. The van der Waals surface area contributed by atoms with E-state index < -0.39 is 5.60 Å². The van der Waals surface area contributed by atoms with Crippen molar-refractivity contribution in [2.45, 2.75) is 19.4 Å². The highest BCUT2D eigenvalue weighted by molar-refractivity contribution is 5.93. The predicted molar refractivity (Wildman–Crippen MR) is 51.8 cm³/mol. The smallest absolute Gasteiger partial charge is 0.256 e. The standard InChI is InChI=1S/C9H15N3O2/c1-9(2,14)6-12(3)8(13)7-4-10-11-5-7/h4-5,14H,6H2,1-3H3,(H,10,11). The van der Waals surface area contributed by atoms with Crippen molar-refractivity contribution in [2.75, 3.05) is 13.6 Å². The molecule has 0 spiro atoms. The Kier molecular flexibility index (Phi) is 2.90. The molecule has 1 aromatic heterocycles. The fourth-order valence-electron chi connectivity index (χ4n) is 1.24. The monoisotopic (exact) mass is 197 g/mol. The highest BCUT2D eigenvalue weighted by Crippen LogP contribution is 2.06. The first-order valence-electron chi connectivity index (χ1n) is 4.37. The summed E-state index contributed by atoms with van der Waals surface area (Å²) in [6.07, 6.45) is 2.99. The molecule has 1 heterocycles. The van der Waals surface area contributed by atoms with Gasteiger partial charge in [0.05, 0.1) is 17.4 Å². The van der Waals surface area contributed by atoms with Crippen LogP contribution >= 0.6 is 0 Å². The molecule has 1 amide bonds.